The van der Waals surface area contributed by atoms with Crippen molar-refractivity contribution in [3.63, 3.8) is 0 Å². The van der Waals surface area contributed by atoms with E-state index in [4.69, 9.17) is 10.5 Å². The summed E-state index contributed by atoms with van der Waals surface area (Å²) in [7, 11) is 1.64. The molecule has 120 valence electrons. The van der Waals surface area contributed by atoms with E-state index in [1.165, 1.54) is 11.8 Å². The highest BCUT2D eigenvalue weighted by Crippen LogP contribution is 2.25. The number of methoxy groups -OCH3 is 1. The van der Waals surface area contributed by atoms with E-state index < -0.39 is 0 Å². The average molecular weight is 360 g/mol. The van der Waals surface area contributed by atoms with Crippen LogP contribution in [0.4, 0.5) is 5.69 Å². The van der Waals surface area contributed by atoms with E-state index >= 15 is 0 Å². The summed E-state index contributed by atoms with van der Waals surface area (Å²) in [5.41, 5.74) is 8.49. The molecule has 1 heterocycles. The zero-order valence-electron chi connectivity index (χ0n) is 12.4. The lowest BCUT2D eigenvalue weighted by molar-refractivity contribution is 0.414. The smallest absolute Gasteiger partial charge is 0.159 e. The molecule has 1 aromatic carbocycles. The van der Waals surface area contributed by atoms with Crippen molar-refractivity contribution in [2.75, 3.05) is 12.9 Å². The number of hydrogen-bond donors (Lipinski definition) is 1. The van der Waals surface area contributed by atoms with Gasteiger partial charge in [0.2, 0.25) is 0 Å². The summed E-state index contributed by atoms with van der Waals surface area (Å²) in [5.74, 6) is 1.69. The number of nitrogens with two attached hydrogens (primary N) is 1. The molecule has 0 fully saturated rings. The largest absolute Gasteiger partial charge is 0.497 e. The van der Waals surface area contributed by atoms with Crippen molar-refractivity contribution in [2.24, 2.45) is 10.7 Å². The maximum absolute atomic E-state index is 5.83. The standard InChI is InChI=1S/C15H17N3OS.2ClH/c1-3-20-15(16)18-12-6-4-5-11(9-12)14-10-13(19-2)7-8-17-14;;/h4-10H,3H2,1-2H3,(H2,16,18);2*1H. The summed E-state index contributed by atoms with van der Waals surface area (Å²) in [6.45, 7) is 2.05. The first-order valence-corrected chi connectivity index (χ1v) is 7.29. The van der Waals surface area contributed by atoms with Gasteiger partial charge in [0.1, 0.15) is 5.75 Å². The minimum absolute atomic E-state index is 0. The van der Waals surface area contributed by atoms with Crippen LogP contribution in [0.25, 0.3) is 11.3 Å². The molecule has 7 heteroatoms. The van der Waals surface area contributed by atoms with Crippen LogP contribution in [-0.2, 0) is 0 Å². The van der Waals surface area contributed by atoms with Crippen molar-refractivity contribution in [2.45, 2.75) is 6.92 Å². The molecule has 1 aromatic heterocycles. The predicted molar refractivity (Wildman–Crippen MR) is 100 cm³/mol. The van der Waals surface area contributed by atoms with Crippen LogP contribution in [-0.4, -0.2) is 23.0 Å². The number of benzene rings is 1. The molecule has 2 N–H and O–H groups in total. The fraction of sp³-hybridized carbons (Fsp3) is 0.200. The Bertz CT molecular complexity index is 623. The van der Waals surface area contributed by atoms with Crippen LogP contribution < -0.4 is 10.5 Å². The molecule has 0 unspecified atom stereocenters. The lowest BCUT2D eigenvalue weighted by Gasteiger charge is -2.05. The number of halogens is 2. The lowest BCUT2D eigenvalue weighted by Crippen LogP contribution is -2.05. The molecule has 0 spiro atoms. The quantitative estimate of drug-likeness (QED) is 0.652. The van der Waals surface area contributed by atoms with Gasteiger partial charge in [0, 0.05) is 17.8 Å². The maximum Gasteiger partial charge on any atom is 0.159 e. The molecule has 0 saturated heterocycles. The summed E-state index contributed by atoms with van der Waals surface area (Å²) in [6, 6.07) is 11.5. The molecular formula is C15H19Cl2N3OS. The second-order valence-electron chi connectivity index (χ2n) is 4.01. The van der Waals surface area contributed by atoms with Gasteiger partial charge < -0.3 is 10.5 Å². The normalized spacial score (nSPS) is 10.4. The van der Waals surface area contributed by atoms with Gasteiger partial charge in [-0.15, -0.1) is 24.8 Å². The lowest BCUT2D eigenvalue weighted by atomic mass is 10.1. The van der Waals surface area contributed by atoms with Crippen molar-refractivity contribution in [3.8, 4) is 17.0 Å². The van der Waals surface area contributed by atoms with Gasteiger partial charge in [-0.05, 0) is 24.0 Å². The van der Waals surface area contributed by atoms with Crippen molar-refractivity contribution < 1.29 is 4.74 Å². The Balaban J connectivity index is 0.00000220. The van der Waals surface area contributed by atoms with Gasteiger partial charge in [-0.25, -0.2) is 4.99 Å². The van der Waals surface area contributed by atoms with Crippen LogP contribution in [0.3, 0.4) is 0 Å². The van der Waals surface area contributed by atoms with Crippen LogP contribution in [0.1, 0.15) is 6.92 Å². The topological polar surface area (TPSA) is 60.5 Å². The molecule has 0 saturated carbocycles. The van der Waals surface area contributed by atoms with Gasteiger partial charge in [-0.3, -0.25) is 4.98 Å². The molecule has 0 aliphatic heterocycles. The SMILES string of the molecule is CCSC(N)=Nc1cccc(-c2cc(OC)ccn2)c1.Cl.Cl. The van der Waals surface area contributed by atoms with E-state index in [-0.39, 0.29) is 24.8 Å². The predicted octanol–water partition coefficient (Wildman–Crippen LogP) is 4.30. The molecule has 22 heavy (non-hydrogen) atoms. The minimum Gasteiger partial charge on any atom is -0.497 e. The summed E-state index contributed by atoms with van der Waals surface area (Å²) in [5, 5.41) is 0.572. The zero-order valence-corrected chi connectivity index (χ0v) is 14.8. The molecular weight excluding hydrogens is 341 g/mol. The molecule has 4 nitrogen and oxygen atoms in total. The third kappa shape index (κ3) is 5.75. The van der Waals surface area contributed by atoms with Gasteiger partial charge in [0.15, 0.2) is 5.17 Å². The number of hydrogen-bond acceptors (Lipinski definition) is 4. The third-order valence-electron chi connectivity index (χ3n) is 2.64. The van der Waals surface area contributed by atoms with Crippen LogP contribution in [0.15, 0.2) is 47.6 Å². The van der Waals surface area contributed by atoms with Crippen LogP contribution in [0.5, 0.6) is 5.75 Å². The van der Waals surface area contributed by atoms with Gasteiger partial charge in [-0.2, -0.15) is 0 Å². The van der Waals surface area contributed by atoms with E-state index in [2.05, 4.69) is 9.98 Å². The fourth-order valence-electron chi connectivity index (χ4n) is 1.74. The molecule has 2 aromatic rings. The Morgan fingerprint density at radius 2 is 2.05 bits per heavy atom. The summed E-state index contributed by atoms with van der Waals surface area (Å²) in [6.07, 6.45) is 1.73. The fourth-order valence-corrected chi connectivity index (χ4v) is 2.20. The summed E-state index contributed by atoms with van der Waals surface area (Å²) in [4.78, 5) is 8.73. The number of pyridine rings is 1. The molecule has 0 bridgehead atoms. The van der Waals surface area contributed by atoms with Crippen LogP contribution in [0.2, 0.25) is 0 Å². The van der Waals surface area contributed by atoms with Crippen molar-refractivity contribution in [3.05, 3.63) is 42.6 Å². The highest BCUT2D eigenvalue weighted by molar-refractivity contribution is 8.13. The maximum atomic E-state index is 5.83. The first-order valence-electron chi connectivity index (χ1n) is 6.30. The van der Waals surface area contributed by atoms with Crippen LogP contribution >= 0.6 is 36.6 Å². The third-order valence-corrected chi connectivity index (χ3v) is 3.32. The molecule has 0 amide bonds. The Morgan fingerprint density at radius 3 is 2.73 bits per heavy atom. The number of thioether (sulfide) groups is 1. The first kappa shape index (κ1) is 20.6. The van der Waals surface area contributed by atoms with E-state index in [0.717, 1.165) is 28.4 Å². The monoisotopic (exact) mass is 359 g/mol. The Labute approximate surface area is 147 Å². The molecule has 0 radical (unpaired) electrons. The van der Waals surface area contributed by atoms with Gasteiger partial charge >= 0.3 is 0 Å². The van der Waals surface area contributed by atoms with Gasteiger partial charge in [-0.1, -0.05) is 30.8 Å². The van der Waals surface area contributed by atoms with E-state index in [9.17, 15) is 0 Å². The Hall–Kier alpha value is -1.43. The van der Waals surface area contributed by atoms with Crippen molar-refractivity contribution in [1.29, 1.82) is 0 Å². The number of aliphatic imine (C=N–C) groups is 1. The van der Waals surface area contributed by atoms with Crippen molar-refractivity contribution in [1.82, 2.24) is 4.98 Å². The summed E-state index contributed by atoms with van der Waals surface area (Å²) < 4.78 is 5.21. The Kier molecular flexibility index (Phi) is 9.65. The number of amidine groups is 1. The highest BCUT2D eigenvalue weighted by Gasteiger charge is 2.02. The Morgan fingerprint density at radius 1 is 1.27 bits per heavy atom. The second kappa shape index (κ2) is 10.3. The molecule has 2 rings (SSSR count). The molecule has 0 atom stereocenters. The molecule has 0 aliphatic carbocycles. The highest BCUT2D eigenvalue weighted by atomic mass is 35.5. The number of nitrogens with zero attached hydrogens (tertiary/aromatic N) is 2. The van der Waals surface area contributed by atoms with E-state index in [0.29, 0.717) is 5.17 Å². The molecule has 0 aliphatic rings. The second-order valence-corrected chi connectivity index (χ2v) is 5.30. The van der Waals surface area contributed by atoms with E-state index in [1.54, 1.807) is 13.3 Å². The number of aromatic nitrogens is 1. The first-order chi connectivity index (χ1) is 9.72. The van der Waals surface area contributed by atoms with Crippen LogP contribution in [0, 0.1) is 0 Å². The van der Waals surface area contributed by atoms with E-state index in [1.807, 2.05) is 43.3 Å². The zero-order chi connectivity index (χ0) is 14.4. The number of ether oxygens (including phenoxy) is 1. The summed E-state index contributed by atoms with van der Waals surface area (Å²) >= 11 is 1.53. The van der Waals surface area contributed by atoms with Gasteiger partial charge in [0.25, 0.3) is 0 Å². The number of rotatable bonds is 4. The van der Waals surface area contributed by atoms with Crippen molar-refractivity contribution >= 4 is 47.4 Å². The average Bonchev–Trinajstić information content (AvgIpc) is 2.48. The minimum atomic E-state index is 0. The van der Waals surface area contributed by atoms with Gasteiger partial charge in [0.05, 0.1) is 18.5 Å².